The number of carbonyl (C=O) groups is 2. The Morgan fingerprint density at radius 3 is 2.75 bits per heavy atom. The van der Waals surface area contributed by atoms with Crippen LogP contribution in [0.5, 0.6) is 5.75 Å². The van der Waals surface area contributed by atoms with Crippen LogP contribution in [0.25, 0.3) is 22.2 Å². The first-order valence-corrected chi connectivity index (χ1v) is 14.7. The number of likely N-dealkylation sites (N-methyl/N-ethyl adjacent to an activating group) is 1. The number of aromatic nitrogens is 3. The average Bonchev–Trinajstić information content (AvgIpc) is 3.64. The number of esters is 1. The number of methoxy groups -OCH3 is 1. The maximum Gasteiger partial charge on any atom is 0.342 e. The lowest BCUT2D eigenvalue weighted by atomic mass is 10.1. The number of anilines is 4. The molecule has 3 heterocycles. The second-order valence-corrected chi connectivity index (χ2v) is 11.1. The second kappa shape index (κ2) is 13.2. The molecule has 44 heavy (non-hydrogen) atoms. The lowest BCUT2D eigenvalue weighted by Crippen LogP contribution is -2.35. The van der Waals surface area contributed by atoms with E-state index in [-0.39, 0.29) is 23.5 Å². The minimum Gasteiger partial charge on any atom is -0.494 e. The quantitative estimate of drug-likeness (QED) is 0.157. The number of amides is 1. The topological polar surface area (TPSA) is 123 Å². The number of rotatable bonds is 11. The molecule has 1 amide bonds. The fraction of sp³-hybridized carbons (Fsp3) is 0.333. The van der Waals surface area contributed by atoms with E-state index in [1.807, 2.05) is 55.2 Å². The first kappa shape index (κ1) is 30.6. The highest BCUT2D eigenvalue weighted by atomic mass is 16.5. The minimum atomic E-state index is -0.509. The Morgan fingerprint density at radius 1 is 1.25 bits per heavy atom. The fourth-order valence-corrected chi connectivity index (χ4v) is 5.50. The summed E-state index contributed by atoms with van der Waals surface area (Å²) < 4.78 is 13.3. The number of benzene rings is 2. The molecule has 2 aromatic heterocycles. The van der Waals surface area contributed by atoms with Gasteiger partial charge in [0, 0.05) is 61.6 Å². The number of hydrogen-bond acceptors (Lipinski definition) is 9. The lowest BCUT2D eigenvalue weighted by Gasteiger charge is -2.27. The Hall–Kier alpha value is -4.90. The standard InChI is InChI=1S/C33H39N7O4/c1-7-30(41)36-25-15-26(29(43-6)16-28(25)39(4)18-21-11-10-14-34-21)37-33-35-17-23(32(42)44-20(2)3)31(38-33)24-19-40(5)27-13-9-8-12-22(24)27/h7-9,12-13,15-17,19-21,34H,1,10-11,14,18H2,2-6H3,(H,36,41)(H,35,37,38)/t21-/m1/s1. The van der Waals surface area contributed by atoms with E-state index in [2.05, 4.69) is 32.4 Å². The van der Waals surface area contributed by atoms with Gasteiger partial charge >= 0.3 is 5.97 Å². The van der Waals surface area contributed by atoms with Crippen LogP contribution < -0.4 is 25.6 Å². The van der Waals surface area contributed by atoms with Crippen molar-refractivity contribution < 1.29 is 19.1 Å². The predicted octanol–water partition coefficient (Wildman–Crippen LogP) is 5.27. The minimum absolute atomic E-state index is 0.240. The van der Waals surface area contributed by atoms with Gasteiger partial charge in [0.1, 0.15) is 11.3 Å². The molecule has 2 aromatic carbocycles. The molecule has 5 rings (SSSR count). The molecular weight excluding hydrogens is 558 g/mol. The second-order valence-electron chi connectivity index (χ2n) is 11.1. The van der Waals surface area contributed by atoms with Gasteiger partial charge in [0.05, 0.1) is 36.0 Å². The van der Waals surface area contributed by atoms with Crippen molar-refractivity contribution in [3.05, 3.63) is 67.0 Å². The van der Waals surface area contributed by atoms with E-state index in [9.17, 15) is 9.59 Å². The zero-order chi connectivity index (χ0) is 31.4. The summed E-state index contributed by atoms with van der Waals surface area (Å²) in [7, 11) is 5.52. The number of hydrogen-bond donors (Lipinski definition) is 3. The van der Waals surface area contributed by atoms with Crippen molar-refractivity contribution >= 4 is 45.8 Å². The van der Waals surface area contributed by atoms with Crippen molar-refractivity contribution in [2.45, 2.75) is 38.8 Å². The van der Waals surface area contributed by atoms with Gasteiger partial charge < -0.3 is 34.9 Å². The van der Waals surface area contributed by atoms with Crippen LogP contribution in [0.4, 0.5) is 23.0 Å². The third kappa shape index (κ3) is 6.52. The number of carbonyl (C=O) groups excluding carboxylic acids is 2. The van der Waals surface area contributed by atoms with Gasteiger partial charge in [0.15, 0.2) is 0 Å². The Labute approximate surface area is 257 Å². The first-order chi connectivity index (χ1) is 21.2. The summed E-state index contributed by atoms with van der Waals surface area (Å²) in [5.74, 6) is -0.0751. The molecule has 11 nitrogen and oxygen atoms in total. The number of aryl methyl sites for hydroxylation is 1. The van der Waals surface area contributed by atoms with Crippen molar-refractivity contribution in [2.75, 3.05) is 42.8 Å². The van der Waals surface area contributed by atoms with Crippen LogP contribution >= 0.6 is 0 Å². The summed E-state index contributed by atoms with van der Waals surface area (Å²) >= 11 is 0. The lowest BCUT2D eigenvalue weighted by molar-refractivity contribution is -0.111. The molecule has 1 aliphatic heterocycles. The number of ether oxygens (including phenoxy) is 2. The molecular formula is C33H39N7O4. The average molecular weight is 598 g/mol. The third-order valence-corrected chi connectivity index (χ3v) is 7.58. The maximum absolute atomic E-state index is 13.2. The van der Waals surface area contributed by atoms with Crippen molar-refractivity contribution in [3.63, 3.8) is 0 Å². The molecule has 0 radical (unpaired) electrons. The van der Waals surface area contributed by atoms with Gasteiger partial charge in [-0.3, -0.25) is 4.79 Å². The molecule has 1 atom stereocenters. The van der Waals surface area contributed by atoms with Gasteiger partial charge in [0.25, 0.3) is 0 Å². The van der Waals surface area contributed by atoms with Gasteiger partial charge in [-0.25, -0.2) is 14.8 Å². The summed E-state index contributed by atoms with van der Waals surface area (Å²) in [6.45, 7) is 8.96. The molecule has 0 aliphatic carbocycles. The Bertz CT molecular complexity index is 1690. The Balaban J connectivity index is 1.57. The van der Waals surface area contributed by atoms with Gasteiger partial charge in [-0.15, -0.1) is 0 Å². The molecule has 3 N–H and O–H groups in total. The smallest absolute Gasteiger partial charge is 0.342 e. The summed E-state index contributed by atoms with van der Waals surface area (Å²) in [6, 6.07) is 11.9. The highest BCUT2D eigenvalue weighted by Gasteiger charge is 2.24. The van der Waals surface area contributed by atoms with Crippen molar-refractivity contribution in [3.8, 4) is 17.0 Å². The van der Waals surface area contributed by atoms with E-state index in [0.717, 1.165) is 48.1 Å². The van der Waals surface area contributed by atoms with Gasteiger partial charge in [-0.2, -0.15) is 0 Å². The number of nitrogens with zero attached hydrogens (tertiary/aromatic N) is 4. The van der Waals surface area contributed by atoms with Crippen molar-refractivity contribution in [1.82, 2.24) is 19.9 Å². The number of nitrogens with one attached hydrogen (secondary N) is 3. The molecule has 1 fully saturated rings. The summed E-state index contributed by atoms with van der Waals surface area (Å²) in [6.07, 6.45) is 6.56. The van der Waals surface area contributed by atoms with Crippen LogP contribution in [0.2, 0.25) is 0 Å². The molecule has 0 saturated carbocycles. The SMILES string of the molecule is C=CC(=O)Nc1cc(Nc2ncc(C(=O)OC(C)C)c(-c3cn(C)c4ccccc34)n2)c(OC)cc1N(C)C[C@H]1CCCN1. The largest absolute Gasteiger partial charge is 0.494 e. The zero-order valence-electron chi connectivity index (χ0n) is 25.8. The van der Waals surface area contributed by atoms with Crippen molar-refractivity contribution in [1.29, 1.82) is 0 Å². The number of fused-ring (bicyclic) bond motifs is 1. The highest BCUT2D eigenvalue weighted by Crippen LogP contribution is 2.39. The van der Waals surface area contributed by atoms with Crippen LogP contribution in [0.1, 0.15) is 37.0 Å². The molecule has 1 aliphatic rings. The van der Waals surface area contributed by atoms with Gasteiger partial charge in [0.2, 0.25) is 11.9 Å². The van der Waals surface area contributed by atoms with Crippen LogP contribution in [0, 0.1) is 0 Å². The molecule has 0 bridgehead atoms. The normalized spacial score (nSPS) is 14.5. The molecule has 4 aromatic rings. The van der Waals surface area contributed by atoms with E-state index in [1.165, 1.54) is 12.3 Å². The van der Waals surface area contributed by atoms with Crippen LogP contribution in [0.15, 0.2) is 61.4 Å². The highest BCUT2D eigenvalue weighted by molar-refractivity contribution is 6.04. The van der Waals surface area contributed by atoms with Gasteiger partial charge in [-0.05, 0) is 51.4 Å². The monoisotopic (exact) mass is 597 g/mol. The van der Waals surface area contributed by atoms with E-state index in [4.69, 9.17) is 14.5 Å². The van der Waals surface area contributed by atoms with E-state index in [0.29, 0.717) is 28.9 Å². The van der Waals surface area contributed by atoms with E-state index >= 15 is 0 Å². The first-order valence-electron chi connectivity index (χ1n) is 14.7. The van der Waals surface area contributed by atoms with Crippen molar-refractivity contribution in [2.24, 2.45) is 7.05 Å². The predicted molar refractivity (Wildman–Crippen MR) is 174 cm³/mol. The molecule has 11 heteroatoms. The van der Waals surface area contributed by atoms with Crippen LogP contribution in [-0.2, 0) is 16.6 Å². The summed E-state index contributed by atoms with van der Waals surface area (Å²) in [5, 5.41) is 10.6. The molecule has 0 spiro atoms. The summed E-state index contributed by atoms with van der Waals surface area (Å²) in [4.78, 5) is 37.0. The van der Waals surface area contributed by atoms with E-state index < -0.39 is 5.97 Å². The Morgan fingerprint density at radius 2 is 2.05 bits per heavy atom. The molecule has 230 valence electrons. The Kier molecular flexibility index (Phi) is 9.15. The van der Waals surface area contributed by atoms with Crippen LogP contribution in [-0.4, -0.2) is 65.8 Å². The van der Waals surface area contributed by atoms with E-state index in [1.54, 1.807) is 27.0 Å². The molecule has 1 saturated heterocycles. The third-order valence-electron chi connectivity index (χ3n) is 7.58. The maximum atomic E-state index is 13.2. The zero-order valence-corrected chi connectivity index (χ0v) is 25.8. The fourth-order valence-electron chi connectivity index (χ4n) is 5.50. The summed E-state index contributed by atoms with van der Waals surface area (Å²) in [5.41, 5.74) is 4.35. The number of para-hydroxylation sites is 1. The van der Waals surface area contributed by atoms with Gasteiger partial charge in [-0.1, -0.05) is 24.8 Å². The van der Waals surface area contributed by atoms with Crippen LogP contribution in [0.3, 0.4) is 0 Å². The molecule has 0 unspecified atom stereocenters.